The van der Waals surface area contributed by atoms with Crippen LogP contribution >= 0.6 is 0 Å². The Morgan fingerprint density at radius 1 is 1.28 bits per heavy atom. The van der Waals surface area contributed by atoms with E-state index in [9.17, 15) is 0 Å². The van der Waals surface area contributed by atoms with Crippen LogP contribution in [0, 0.1) is 11.8 Å². The van der Waals surface area contributed by atoms with Crippen molar-refractivity contribution >= 4 is 5.82 Å². The van der Waals surface area contributed by atoms with Crippen molar-refractivity contribution in [3.8, 4) is 0 Å². The standard InChI is InChI=1S/C15H25N3/c1-5-14-6-13(8-16-4)7-15(17-14)18-9-11(2)12(3)10-18/h6-7,11-12,16H,5,8-10H2,1-4H3. The van der Waals surface area contributed by atoms with Gasteiger partial charge in [-0.3, -0.25) is 0 Å². The van der Waals surface area contributed by atoms with E-state index in [2.05, 4.69) is 43.1 Å². The van der Waals surface area contributed by atoms with Gasteiger partial charge in [-0.2, -0.15) is 0 Å². The van der Waals surface area contributed by atoms with Gasteiger partial charge in [0.25, 0.3) is 0 Å². The second-order valence-corrected chi connectivity index (χ2v) is 5.57. The van der Waals surface area contributed by atoms with Crippen molar-refractivity contribution in [2.45, 2.75) is 33.7 Å². The molecule has 1 fully saturated rings. The Morgan fingerprint density at radius 2 is 1.94 bits per heavy atom. The summed E-state index contributed by atoms with van der Waals surface area (Å²) in [6.07, 6.45) is 1.00. The van der Waals surface area contributed by atoms with Crippen LogP contribution in [0.2, 0.25) is 0 Å². The smallest absolute Gasteiger partial charge is 0.129 e. The van der Waals surface area contributed by atoms with Crippen molar-refractivity contribution in [3.05, 3.63) is 23.4 Å². The van der Waals surface area contributed by atoms with Crippen LogP contribution in [0.3, 0.4) is 0 Å². The molecule has 0 aliphatic carbocycles. The summed E-state index contributed by atoms with van der Waals surface area (Å²) >= 11 is 0. The summed E-state index contributed by atoms with van der Waals surface area (Å²) < 4.78 is 0. The SMILES string of the molecule is CCc1cc(CNC)cc(N2CC(C)C(C)C2)n1. The fraction of sp³-hybridized carbons (Fsp3) is 0.667. The molecule has 2 atom stereocenters. The summed E-state index contributed by atoms with van der Waals surface area (Å²) in [4.78, 5) is 7.22. The number of hydrogen-bond acceptors (Lipinski definition) is 3. The van der Waals surface area contributed by atoms with Gasteiger partial charge in [0.15, 0.2) is 0 Å². The molecule has 0 spiro atoms. The highest BCUT2D eigenvalue weighted by atomic mass is 15.2. The Kier molecular flexibility index (Phi) is 4.23. The first-order chi connectivity index (χ1) is 8.63. The van der Waals surface area contributed by atoms with Crippen molar-refractivity contribution in [1.29, 1.82) is 0 Å². The molecule has 0 bridgehead atoms. The average Bonchev–Trinajstić information content (AvgIpc) is 2.70. The van der Waals surface area contributed by atoms with Gasteiger partial charge in [0, 0.05) is 25.3 Å². The summed E-state index contributed by atoms with van der Waals surface area (Å²) in [6.45, 7) is 10.0. The van der Waals surface area contributed by atoms with Crippen LogP contribution < -0.4 is 10.2 Å². The van der Waals surface area contributed by atoms with Gasteiger partial charge in [-0.05, 0) is 43.0 Å². The van der Waals surface area contributed by atoms with Gasteiger partial charge in [0.2, 0.25) is 0 Å². The summed E-state index contributed by atoms with van der Waals surface area (Å²) in [6, 6.07) is 4.45. The maximum atomic E-state index is 4.78. The van der Waals surface area contributed by atoms with Gasteiger partial charge in [-0.25, -0.2) is 4.98 Å². The second-order valence-electron chi connectivity index (χ2n) is 5.57. The third-order valence-electron chi connectivity index (χ3n) is 3.98. The van der Waals surface area contributed by atoms with Gasteiger partial charge in [0.1, 0.15) is 5.82 Å². The third-order valence-corrected chi connectivity index (χ3v) is 3.98. The molecule has 1 aliphatic heterocycles. The first-order valence-corrected chi connectivity index (χ1v) is 7.03. The normalized spacial score (nSPS) is 23.7. The van der Waals surface area contributed by atoms with E-state index in [0.717, 1.165) is 43.7 Å². The number of anilines is 1. The summed E-state index contributed by atoms with van der Waals surface area (Å²) in [7, 11) is 1.99. The van der Waals surface area contributed by atoms with Gasteiger partial charge >= 0.3 is 0 Å². The van der Waals surface area contributed by atoms with Crippen LogP contribution in [0.4, 0.5) is 5.82 Å². The van der Waals surface area contributed by atoms with Crippen molar-refractivity contribution in [1.82, 2.24) is 10.3 Å². The highest BCUT2D eigenvalue weighted by Gasteiger charge is 2.27. The lowest BCUT2D eigenvalue weighted by molar-refractivity contribution is 0.494. The fourth-order valence-electron chi connectivity index (χ4n) is 2.60. The molecule has 1 aromatic heterocycles. The minimum atomic E-state index is 0.768. The van der Waals surface area contributed by atoms with Crippen LogP contribution in [0.5, 0.6) is 0 Å². The first-order valence-electron chi connectivity index (χ1n) is 7.03. The van der Waals surface area contributed by atoms with Crippen LogP contribution in [0.1, 0.15) is 32.0 Å². The van der Waals surface area contributed by atoms with Crippen LogP contribution in [-0.4, -0.2) is 25.1 Å². The Labute approximate surface area is 111 Å². The molecule has 2 heterocycles. The largest absolute Gasteiger partial charge is 0.356 e. The third kappa shape index (κ3) is 2.83. The average molecular weight is 247 g/mol. The number of hydrogen-bond donors (Lipinski definition) is 1. The maximum Gasteiger partial charge on any atom is 0.129 e. The maximum absolute atomic E-state index is 4.78. The topological polar surface area (TPSA) is 28.2 Å². The number of aromatic nitrogens is 1. The zero-order valence-electron chi connectivity index (χ0n) is 12.0. The summed E-state index contributed by atoms with van der Waals surface area (Å²) in [5.41, 5.74) is 2.54. The Bertz CT molecular complexity index is 393. The summed E-state index contributed by atoms with van der Waals surface area (Å²) in [5, 5.41) is 3.22. The van der Waals surface area contributed by atoms with Gasteiger partial charge in [0.05, 0.1) is 0 Å². The number of nitrogens with one attached hydrogen (secondary N) is 1. The van der Waals surface area contributed by atoms with Crippen molar-refractivity contribution in [2.75, 3.05) is 25.0 Å². The molecule has 2 rings (SSSR count). The van der Waals surface area contributed by atoms with E-state index in [-0.39, 0.29) is 0 Å². The first kappa shape index (κ1) is 13.3. The molecule has 0 aromatic carbocycles. The van der Waals surface area contributed by atoms with Crippen molar-refractivity contribution < 1.29 is 0 Å². The number of pyridine rings is 1. The number of nitrogens with zero attached hydrogens (tertiary/aromatic N) is 2. The highest BCUT2D eigenvalue weighted by molar-refractivity contribution is 5.44. The van der Waals surface area contributed by atoms with E-state index in [0.29, 0.717) is 0 Å². The molecule has 0 saturated carbocycles. The van der Waals surface area contributed by atoms with E-state index in [1.54, 1.807) is 0 Å². The molecule has 1 aliphatic rings. The minimum Gasteiger partial charge on any atom is -0.356 e. The number of rotatable bonds is 4. The van der Waals surface area contributed by atoms with Gasteiger partial charge in [-0.1, -0.05) is 20.8 Å². The summed E-state index contributed by atoms with van der Waals surface area (Å²) in [5.74, 6) is 2.70. The Balaban J connectivity index is 2.24. The molecule has 1 N–H and O–H groups in total. The minimum absolute atomic E-state index is 0.768. The Morgan fingerprint density at radius 3 is 2.50 bits per heavy atom. The molecule has 0 amide bonds. The van der Waals surface area contributed by atoms with E-state index < -0.39 is 0 Å². The molecular formula is C15H25N3. The lowest BCUT2D eigenvalue weighted by atomic mass is 10.0. The highest BCUT2D eigenvalue weighted by Crippen LogP contribution is 2.27. The monoisotopic (exact) mass is 247 g/mol. The number of aryl methyl sites for hydroxylation is 1. The molecule has 3 nitrogen and oxygen atoms in total. The van der Waals surface area contributed by atoms with Crippen LogP contribution in [0.25, 0.3) is 0 Å². The predicted octanol–water partition coefficient (Wildman–Crippen LogP) is 2.46. The van der Waals surface area contributed by atoms with Crippen LogP contribution in [-0.2, 0) is 13.0 Å². The van der Waals surface area contributed by atoms with Crippen molar-refractivity contribution in [3.63, 3.8) is 0 Å². The molecular weight excluding hydrogens is 222 g/mol. The molecule has 0 radical (unpaired) electrons. The molecule has 1 saturated heterocycles. The molecule has 2 unspecified atom stereocenters. The second kappa shape index (κ2) is 5.70. The van der Waals surface area contributed by atoms with E-state index in [1.807, 2.05) is 7.05 Å². The molecule has 1 aromatic rings. The van der Waals surface area contributed by atoms with E-state index >= 15 is 0 Å². The quantitative estimate of drug-likeness (QED) is 0.886. The Hall–Kier alpha value is -1.09. The molecule has 100 valence electrons. The van der Waals surface area contributed by atoms with Crippen molar-refractivity contribution in [2.24, 2.45) is 11.8 Å². The van der Waals surface area contributed by atoms with E-state index in [4.69, 9.17) is 4.98 Å². The van der Waals surface area contributed by atoms with E-state index in [1.165, 1.54) is 11.3 Å². The van der Waals surface area contributed by atoms with Crippen LogP contribution in [0.15, 0.2) is 12.1 Å². The lowest BCUT2D eigenvalue weighted by Gasteiger charge is -2.19. The van der Waals surface area contributed by atoms with Gasteiger partial charge < -0.3 is 10.2 Å². The molecule has 3 heteroatoms. The van der Waals surface area contributed by atoms with Gasteiger partial charge in [-0.15, -0.1) is 0 Å². The lowest BCUT2D eigenvalue weighted by Crippen LogP contribution is -2.21. The predicted molar refractivity (Wildman–Crippen MR) is 76.9 cm³/mol. The zero-order valence-corrected chi connectivity index (χ0v) is 12.0. The zero-order chi connectivity index (χ0) is 13.1. The molecule has 18 heavy (non-hydrogen) atoms. The fourth-order valence-corrected chi connectivity index (χ4v) is 2.60.